The Kier molecular flexibility index (Phi) is 2.14. The summed E-state index contributed by atoms with van der Waals surface area (Å²) in [6, 6.07) is 5.29. The minimum Gasteiger partial charge on any atom is -0.308 e. The van der Waals surface area contributed by atoms with Gasteiger partial charge in [0.15, 0.2) is 0 Å². The summed E-state index contributed by atoms with van der Waals surface area (Å²) in [5, 5.41) is 6.04. The predicted molar refractivity (Wildman–Crippen MR) is 60.8 cm³/mol. The van der Waals surface area contributed by atoms with Gasteiger partial charge in [-0.05, 0) is 43.6 Å². The third kappa shape index (κ3) is 1.51. The van der Waals surface area contributed by atoms with Gasteiger partial charge in [-0.2, -0.15) is 0 Å². The lowest BCUT2D eigenvalue weighted by atomic mass is 9.87. The van der Waals surface area contributed by atoms with Gasteiger partial charge >= 0.3 is 0 Å². The molecule has 2 atom stereocenters. The SMILES string of the molecule is c1csc(CC23CCCC(CC2)N3)c1. The van der Waals surface area contributed by atoms with Crippen LogP contribution in [0.5, 0.6) is 0 Å². The Morgan fingerprint density at radius 2 is 2.43 bits per heavy atom. The molecule has 0 saturated carbocycles. The summed E-state index contributed by atoms with van der Waals surface area (Å²) in [5.74, 6) is 0. The predicted octanol–water partition coefficient (Wildman–Crippen LogP) is 2.97. The molecule has 2 bridgehead atoms. The lowest BCUT2D eigenvalue weighted by Gasteiger charge is -2.34. The van der Waals surface area contributed by atoms with Crippen molar-refractivity contribution < 1.29 is 0 Å². The molecule has 2 aliphatic rings. The minimum absolute atomic E-state index is 0.480. The zero-order valence-corrected chi connectivity index (χ0v) is 9.28. The molecule has 14 heavy (non-hydrogen) atoms. The second-order valence-corrected chi connectivity index (χ2v) is 5.84. The molecule has 2 aliphatic heterocycles. The molecule has 2 saturated heterocycles. The number of rotatable bonds is 2. The molecule has 0 radical (unpaired) electrons. The average molecular weight is 207 g/mol. The van der Waals surface area contributed by atoms with Gasteiger partial charge in [-0.15, -0.1) is 11.3 Å². The Labute approximate surface area is 89.5 Å². The Hall–Kier alpha value is -0.340. The normalized spacial score (nSPS) is 36.1. The standard InChI is InChI=1S/C12H17NS/c1-3-10-5-7-12(6-1,13-10)9-11-4-2-8-14-11/h2,4,8,10,13H,1,3,5-7,9H2. The molecular weight excluding hydrogens is 190 g/mol. The van der Waals surface area contributed by atoms with Crippen LogP contribution in [0.25, 0.3) is 0 Å². The topological polar surface area (TPSA) is 12.0 Å². The number of piperidine rings is 1. The van der Waals surface area contributed by atoms with Crippen molar-refractivity contribution in [3.8, 4) is 0 Å². The molecule has 1 N–H and O–H groups in total. The van der Waals surface area contributed by atoms with Crippen molar-refractivity contribution in [1.29, 1.82) is 0 Å². The highest BCUT2D eigenvalue weighted by molar-refractivity contribution is 7.09. The van der Waals surface area contributed by atoms with Crippen molar-refractivity contribution in [2.45, 2.75) is 50.1 Å². The van der Waals surface area contributed by atoms with E-state index in [2.05, 4.69) is 22.8 Å². The van der Waals surface area contributed by atoms with E-state index in [1.165, 1.54) is 38.5 Å². The highest BCUT2D eigenvalue weighted by Gasteiger charge is 2.41. The van der Waals surface area contributed by atoms with E-state index < -0.39 is 0 Å². The maximum absolute atomic E-state index is 3.85. The van der Waals surface area contributed by atoms with Crippen molar-refractivity contribution in [3.05, 3.63) is 22.4 Å². The van der Waals surface area contributed by atoms with Crippen molar-refractivity contribution >= 4 is 11.3 Å². The van der Waals surface area contributed by atoms with Crippen molar-refractivity contribution in [2.75, 3.05) is 0 Å². The molecule has 1 nitrogen and oxygen atoms in total. The maximum Gasteiger partial charge on any atom is 0.0232 e. The fourth-order valence-corrected chi connectivity index (χ4v) is 3.95. The monoisotopic (exact) mass is 207 g/mol. The van der Waals surface area contributed by atoms with E-state index in [0.29, 0.717) is 5.54 Å². The van der Waals surface area contributed by atoms with Gasteiger partial charge in [0.05, 0.1) is 0 Å². The zero-order chi connectivity index (χ0) is 9.43. The van der Waals surface area contributed by atoms with E-state index >= 15 is 0 Å². The van der Waals surface area contributed by atoms with E-state index in [0.717, 1.165) is 6.04 Å². The molecule has 2 fully saturated rings. The molecule has 1 aromatic rings. The second kappa shape index (κ2) is 3.35. The van der Waals surface area contributed by atoms with Gasteiger partial charge in [0, 0.05) is 16.5 Å². The largest absolute Gasteiger partial charge is 0.308 e. The van der Waals surface area contributed by atoms with Crippen molar-refractivity contribution in [3.63, 3.8) is 0 Å². The fourth-order valence-electron chi connectivity index (χ4n) is 3.10. The van der Waals surface area contributed by atoms with Crippen LogP contribution >= 0.6 is 11.3 Å². The molecule has 2 unspecified atom stereocenters. The number of hydrogen-bond donors (Lipinski definition) is 1. The highest BCUT2D eigenvalue weighted by atomic mass is 32.1. The third-order valence-electron chi connectivity index (χ3n) is 3.78. The van der Waals surface area contributed by atoms with Crippen molar-refractivity contribution in [1.82, 2.24) is 5.32 Å². The molecule has 0 aromatic carbocycles. The molecule has 1 aromatic heterocycles. The van der Waals surface area contributed by atoms with Crippen LogP contribution in [0.3, 0.4) is 0 Å². The first-order valence-corrected chi connectivity index (χ1v) is 6.54. The quantitative estimate of drug-likeness (QED) is 0.786. The average Bonchev–Trinajstić information content (AvgIpc) is 2.76. The number of thiophene rings is 1. The van der Waals surface area contributed by atoms with Crippen LogP contribution in [0.1, 0.15) is 37.0 Å². The fraction of sp³-hybridized carbons (Fsp3) is 0.667. The smallest absolute Gasteiger partial charge is 0.0232 e. The summed E-state index contributed by atoms with van der Waals surface area (Å²) >= 11 is 1.91. The molecule has 0 spiro atoms. The second-order valence-electron chi connectivity index (χ2n) is 4.81. The van der Waals surface area contributed by atoms with Gasteiger partial charge in [-0.1, -0.05) is 12.5 Å². The summed E-state index contributed by atoms with van der Waals surface area (Å²) in [5.41, 5.74) is 0.480. The van der Waals surface area contributed by atoms with Crippen LogP contribution in [-0.4, -0.2) is 11.6 Å². The van der Waals surface area contributed by atoms with Gasteiger partial charge < -0.3 is 5.32 Å². The van der Waals surface area contributed by atoms with Gasteiger partial charge in [-0.25, -0.2) is 0 Å². The maximum atomic E-state index is 3.85. The number of nitrogens with one attached hydrogen (secondary N) is 1. The first kappa shape index (κ1) is 8.93. The van der Waals surface area contributed by atoms with Gasteiger partial charge in [-0.3, -0.25) is 0 Å². The number of hydrogen-bond acceptors (Lipinski definition) is 2. The van der Waals surface area contributed by atoms with Crippen LogP contribution in [-0.2, 0) is 6.42 Å². The van der Waals surface area contributed by atoms with Crippen LogP contribution in [0.4, 0.5) is 0 Å². The summed E-state index contributed by atoms with van der Waals surface area (Å²) in [6.45, 7) is 0. The first-order chi connectivity index (χ1) is 6.86. The summed E-state index contributed by atoms with van der Waals surface area (Å²) < 4.78 is 0. The lowest BCUT2D eigenvalue weighted by Crippen LogP contribution is -2.47. The summed E-state index contributed by atoms with van der Waals surface area (Å²) in [7, 11) is 0. The number of fused-ring (bicyclic) bond motifs is 2. The van der Waals surface area contributed by atoms with Gasteiger partial charge in [0.1, 0.15) is 0 Å². The molecule has 3 heterocycles. The van der Waals surface area contributed by atoms with E-state index in [1.807, 2.05) is 11.3 Å². The zero-order valence-electron chi connectivity index (χ0n) is 8.46. The Balaban J connectivity index is 1.77. The molecule has 0 aliphatic carbocycles. The Bertz CT molecular complexity index is 302. The molecule has 76 valence electrons. The van der Waals surface area contributed by atoms with E-state index in [-0.39, 0.29) is 0 Å². The highest BCUT2D eigenvalue weighted by Crippen LogP contribution is 2.38. The van der Waals surface area contributed by atoms with Crippen LogP contribution in [0.15, 0.2) is 17.5 Å². The van der Waals surface area contributed by atoms with Crippen LogP contribution < -0.4 is 5.32 Å². The summed E-state index contributed by atoms with van der Waals surface area (Å²) in [4.78, 5) is 1.56. The van der Waals surface area contributed by atoms with E-state index in [4.69, 9.17) is 0 Å². The Morgan fingerprint density at radius 3 is 3.29 bits per heavy atom. The summed E-state index contributed by atoms with van der Waals surface area (Å²) in [6.07, 6.45) is 8.30. The van der Waals surface area contributed by atoms with Gasteiger partial charge in [0.2, 0.25) is 0 Å². The minimum atomic E-state index is 0.480. The van der Waals surface area contributed by atoms with Gasteiger partial charge in [0.25, 0.3) is 0 Å². The van der Waals surface area contributed by atoms with E-state index in [9.17, 15) is 0 Å². The molecule has 3 rings (SSSR count). The third-order valence-corrected chi connectivity index (χ3v) is 4.66. The lowest BCUT2D eigenvalue weighted by molar-refractivity contribution is 0.275. The molecule has 2 heteroatoms. The molecular formula is C12H17NS. The first-order valence-electron chi connectivity index (χ1n) is 5.66. The van der Waals surface area contributed by atoms with Crippen molar-refractivity contribution in [2.24, 2.45) is 0 Å². The Morgan fingerprint density at radius 1 is 1.43 bits per heavy atom. The van der Waals surface area contributed by atoms with Crippen LogP contribution in [0.2, 0.25) is 0 Å². The molecule has 0 amide bonds. The van der Waals surface area contributed by atoms with Crippen LogP contribution in [0, 0.1) is 0 Å². The van der Waals surface area contributed by atoms with E-state index in [1.54, 1.807) is 4.88 Å².